The Balaban J connectivity index is 1.65. The van der Waals surface area contributed by atoms with Gasteiger partial charge >= 0.3 is 0 Å². The fraction of sp³-hybridized carbons (Fsp3) is 0.192. The number of likely N-dealkylation sites (tertiary alicyclic amines) is 1. The van der Waals surface area contributed by atoms with Crippen molar-refractivity contribution in [2.75, 3.05) is 0 Å². The highest BCUT2D eigenvalue weighted by Crippen LogP contribution is 2.42. The number of fused-ring (bicyclic) bond motifs is 1. The lowest BCUT2D eigenvalue weighted by Gasteiger charge is -2.25. The molecular formula is C26H20Cl2N2O4. The first kappa shape index (κ1) is 22.4. The number of amides is 1. The highest BCUT2D eigenvalue weighted by Gasteiger charge is 2.46. The monoisotopic (exact) mass is 494 g/mol. The van der Waals surface area contributed by atoms with Crippen molar-refractivity contribution in [2.45, 2.75) is 32.0 Å². The van der Waals surface area contributed by atoms with Gasteiger partial charge in [-0.1, -0.05) is 35.3 Å². The van der Waals surface area contributed by atoms with E-state index in [0.29, 0.717) is 28.3 Å². The maximum absolute atomic E-state index is 13.2. The van der Waals surface area contributed by atoms with E-state index in [1.807, 2.05) is 6.92 Å². The number of Topliss-reactive ketones (excluding diaryl/α,β-unsaturated/α-hetero) is 1. The molecule has 2 aliphatic rings. The molecular weight excluding hydrogens is 475 g/mol. The summed E-state index contributed by atoms with van der Waals surface area (Å²) in [5.41, 5.74) is 2.54. The van der Waals surface area contributed by atoms with E-state index < -0.39 is 17.7 Å². The fourth-order valence-corrected chi connectivity index (χ4v) is 4.77. The molecule has 2 unspecified atom stereocenters. The van der Waals surface area contributed by atoms with Crippen LogP contribution >= 0.6 is 23.2 Å². The van der Waals surface area contributed by atoms with Crippen LogP contribution in [-0.2, 0) is 22.6 Å². The molecule has 6 nitrogen and oxygen atoms in total. The van der Waals surface area contributed by atoms with Crippen molar-refractivity contribution < 1.29 is 19.4 Å². The quantitative estimate of drug-likeness (QED) is 0.301. The number of nitrogens with zero attached hydrogens (tertiary/aromatic N) is 2. The summed E-state index contributed by atoms with van der Waals surface area (Å²) in [6.07, 6.45) is 2.35. The highest BCUT2D eigenvalue weighted by molar-refractivity contribution is 6.46. The lowest BCUT2D eigenvalue weighted by atomic mass is 9.94. The molecule has 0 aliphatic carbocycles. The zero-order valence-electron chi connectivity index (χ0n) is 18.2. The van der Waals surface area contributed by atoms with Gasteiger partial charge in [0.1, 0.15) is 17.6 Å². The third kappa shape index (κ3) is 3.93. The van der Waals surface area contributed by atoms with Gasteiger partial charge < -0.3 is 14.7 Å². The van der Waals surface area contributed by atoms with Crippen molar-refractivity contribution in [3.8, 4) is 5.75 Å². The first-order chi connectivity index (χ1) is 16.3. The number of carbonyl (C=O) groups excluding carboxylic acids is 2. The van der Waals surface area contributed by atoms with Crippen molar-refractivity contribution in [1.82, 2.24) is 9.88 Å². The molecule has 1 N–H and O–H groups in total. The smallest absolute Gasteiger partial charge is 0.296 e. The molecule has 8 heteroatoms. The number of benzene rings is 2. The number of carbonyl (C=O) groups is 2. The number of ketones is 1. The number of halogens is 2. The number of pyridine rings is 1. The van der Waals surface area contributed by atoms with Gasteiger partial charge in [-0.15, -0.1) is 0 Å². The third-order valence-corrected chi connectivity index (χ3v) is 6.77. The third-order valence-electron chi connectivity index (χ3n) is 6.03. The maximum Gasteiger partial charge on any atom is 0.296 e. The van der Waals surface area contributed by atoms with E-state index >= 15 is 0 Å². The molecule has 1 fully saturated rings. The molecule has 2 atom stereocenters. The van der Waals surface area contributed by atoms with Crippen molar-refractivity contribution in [2.24, 2.45) is 0 Å². The van der Waals surface area contributed by atoms with E-state index in [1.165, 1.54) is 4.90 Å². The van der Waals surface area contributed by atoms with E-state index in [-0.39, 0.29) is 29.0 Å². The lowest BCUT2D eigenvalue weighted by Crippen LogP contribution is -2.29. The summed E-state index contributed by atoms with van der Waals surface area (Å²) >= 11 is 12.4. The van der Waals surface area contributed by atoms with Gasteiger partial charge in [0, 0.05) is 18.2 Å². The van der Waals surface area contributed by atoms with Crippen molar-refractivity contribution in [1.29, 1.82) is 0 Å². The predicted molar refractivity (Wildman–Crippen MR) is 129 cm³/mol. The average molecular weight is 495 g/mol. The minimum absolute atomic E-state index is 0.00812. The first-order valence-corrected chi connectivity index (χ1v) is 11.5. The van der Waals surface area contributed by atoms with Crippen LogP contribution in [0.5, 0.6) is 5.75 Å². The second-order valence-corrected chi connectivity index (χ2v) is 9.19. The predicted octanol–water partition coefficient (Wildman–Crippen LogP) is 5.33. The number of aliphatic hydroxyl groups is 1. The van der Waals surface area contributed by atoms with Gasteiger partial charge in [0.05, 0.1) is 33.9 Å². The lowest BCUT2D eigenvalue weighted by molar-refractivity contribution is -0.140. The molecule has 0 radical (unpaired) electrons. The largest absolute Gasteiger partial charge is 0.507 e. The summed E-state index contributed by atoms with van der Waals surface area (Å²) in [5.74, 6) is -0.989. The molecule has 3 heterocycles. The highest BCUT2D eigenvalue weighted by atomic mass is 35.5. The van der Waals surface area contributed by atoms with Crippen LogP contribution in [0.4, 0.5) is 0 Å². The average Bonchev–Trinajstić information content (AvgIpc) is 3.32. The van der Waals surface area contributed by atoms with Crippen molar-refractivity contribution in [3.05, 3.63) is 98.8 Å². The Kier molecular flexibility index (Phi) is 5.80. The van der Waals surface area contributed by atoms with Gasteiger partial charge in [-0.3, -0.25) is 14.6 Å². The van der Waals surface area contributed by atoms with Crippen LogP contribution in [0.1, 0.15) is 35.3 Å². The van der Waals surface area contributed by atoms with Crippen molar-refractivity contribution >= 4 is 40.7 Å². The van der Waals surface area contributed by atoms with Gasteiger partial charge in [0.25, 0.3) is 11.7 Å². The standard InChI is InChI=1S/C26H20Cl2N2O4/c1-14-10-17-11-16(6-8-21(17)34-14)24(31)22-23(15-5-7-19(27)20(28)12-15)30(26(33)25(22)32)13-18-4-2-3-9-29-18/h2-9,11-12,14,23,31H,10,13H2,1H3/b24-22-. The molecule has 1 amide bonds. The summed E-state index contributed by atoms with van der Waals surface area (Å²) in [6.45, 7) is 2.05. The van der Waals surface area contributed by atoms with E-state index in [0.717, 1.165) is 11.3 Å². The molecule has 0 saturated carbocycles. The molecule has 3 aromatic rings. The van der Waals surface area contributed by atoms with Crippen LogP contribution in [-0.4, -0.2) is 32.8 Å². The van der Waals surface area contributed by atoms with E-state index in [1.54, 1.807) is 60.8 Å². The Hall–Kier alpha value is -3.35. The maximum atomic E-state index is 13.2. The first-order valence-electron chi connectivity index (χ1n) is 10.8. The Labute approximate surface area is 206 Å². The van der Waals surface area contributed by atoms with Crippen LogP contribution in [0.25, 0.3) is 5.76 Å². The molecule has 1 aromatic heterocycles. The normalized spacial score (nSPS) is 21.0. The van der Waals surface area contributed by atoms with Gasteiger partial charge in [-0.05, 0) is 60.5 Å². The molecule has 2 aliphatic heterocycles. The van der Waals surface area contributed by atoms with E-state index in [2.05, 4.69) is 4.98 Å². The second kappa shape index (κ2) is 8.78. The topological polar surface area (TPSA) is 79.7 Å². The van der Waals surface area contributed by atoms with E-state index in [4.69, 9.17) is 27.9 Å². The Morgan fingerprint density at radius 2 is 1.94 bits per heavy atom. The summed E-state index contributed by atoms with van der Waals surface area (Å²) in [5, 5.41) is 11.9. The second-order valence-electron chi connectivity index (χ2n) is 8.38. The fourth-order valence-electron chi connectivity index (χ4n) is 4.46. The van der Waals surface area contributed by atoms with Crippen LogP contribution in [0.2, 0.25) is 10.0 Å². The van der Waals surface area contributed by atoms with Crippen LogP contribution in [0, 0.1) is 0 Å². The zero-order valence-corrected chi connectivity index (χ0v) is 19.7. The number of aliphatic hydroxyl groups excluding tert-OH is 1. The SMILES string of the molecule is CC1Cc2cc(/C(O)=C3/C(=O)C(=O)N(Cc4ccccn4)C3c3ccc(Cl)c(Cl)c3)ccc2O1. The molecule has 1 saturated heterocycles. The zero-order chi connectivity index (χ0) is 24.0. The Morgan fingerprint density at radius 3 is 2.68 bits per heavy atom. The van der Waals surface area contributed by atoms with Gasteiger partial charge in [-0.2, -0.15) is 0 Å². The summed E-state index contributed by atoms with van der Waals surface area (Å²) in [6, 6.07) is 14.6. The number of rotatable bonds is 4. The van der Waals surface area contributed by atoms with Crippen molar-refractivity contribution in [3.63, 3.8) is 0 Å². The van der Waals surface area contributed by atoms with Crippen LogP contribution in [0.3, 0.4) is 0 Å². The van der Waals surface area contributed by atoms with E-state index in [9.17, 15) is 14.7 Å². The Morgan fingerprint density at radius 1 is 1.12 bits per heavy atom. The number of hydrogen-bond acceptors (Lipinski definition) is 5. The summed E-state index contributed by atoms with van der Waals surface area (Å²) in [4.78, 5) is 32.1. The summed E-state index contributed by atoms with van der Waals surface area (Å²) < 4.78 is 5.74. The van der Waals surface area contributed by atoms with Gasteiger partial charge in [-0.25, -0.2) is 0 Å². The van der Waals surface area contributed by atoms with Crippen LogP contribution in [0.15, 0.2) is 66.4 Å². The minimum atomic E-state index is -0.861. The summed E-state index contributed by atoms with van der Waals surface area (Å²) in [7, 11) is 0. The Bertz CT molecular complexity index is 1340. The molecule has 0 bridgehead atoms. The van der Waals surface area contributed by atoms with Gasteiger partial charge in [0.2, 0.25) is 0 Å². The number of ether oxygens (including phenoxy) is 1. The van der Waals surface area contributed by atoms with Gasteiger partial charge in [0.15, 0.2) is 0 Å². The molecule has 172 valence electrons. The molecule has 34 heavy (non-hydrogen) atoms. The minimum Gasteiger partial charge on any atom is -0.507 e. The van der Waals surface area contributed by atoms with Crippen LogP contribution < -0.4 is 4.74 Å². The molecule has 5 rings (SSSR count). The number of aromatic nitrogens is 1. The molecule has 0 spiro atoms. The molecule has 2 aromatic carbocycles. The number of hydrogen-bond donors (Lipinski definition) is 1.